The molecule has 0 spiro atoms. The number of rotatable bonds is 3. The monoisotopic (exact) mass is 238 g/mol. The molecule has 2 rings (SSSR count). The molecule has 1 aromatic rings. The first kappa shape index (κ1) is 12.3. The highest BCUT2D eigenvalue weighted by Crippen LogP contribution is 2.26. The molecule has 0 saturated carbocycles. The molecule has 0 amide bonds. The van der Waals surface area contributed by atoms with E-state index < -0.39 is 0 Å². The Kier molecular flexibility index (Phi) is 3.97. The summed E-state index contributed by atoms with van der Waals surface area (Å²) in [6, 6.07) is 5.18. The fourth-order valence-corrected chi connectivity index (χ4v) is 2.29. The van der Waals surface area contributed by atoms with Crippen molar-refractivity contribution >= 4 is 5.69 Å². The van der Waals surface area contributed by atoms with Crippen LogP contribution in [-0.4, -0.2) is 24.8 Å². The molecule has 0 aromatic heterocycles. The third-order valence-corrected chi connectivity index (χ3v) is 3.46. The van der Waals surface area contributed by atoms with E-state index in [1.807, 2.05) is 11.0 Å². The summed E-state index contributed by atoms with van der Waals surface area (Å²) < 4.78 is 13.9. The summed E-state index contributed by atoms with van der Waals surface area (Å²) in [5.41, 5.74) is 6.94. The number of nitrogens with zero attached hydrogens (tertiary/aromatic N) is 1. The topological polar surface area (TPSA) is 49.5 Å². The molecule has 1 aliphatic heterocycles. The van der Waals surface area contributed by atoms with E-state index in [2.05, 4.69) is 0 Å². The zero-order chi connectivity index (χ0) is 12.3. The molecule has 0 unspecified atom stereocenters. The van der Waals surface area contributed by atoms with Gasteiger partial charge in [0.05, 0.1) is 5.69 Å². The lowest BCUT2D eigenvalue weighted by Gasteiger charge is -2.33. The molecule has 1 heterocycles. The molecule has 1 saturated heterocycles. The van der Waals surface area contributed by atoms with Gasteiger partial charge in [0.15, 0.2) is 0 Å². The van der Waals surface area contributed by atoms with E-state index in [1.165, 1.54) is 6.07 Å². The smallest absolute Gasteiger partial charge is 0.146 e. The van der Waals surface area contributed by atoms with Crippen molar-refractivity contribution in [1.29, 1.82) is 0 Å². The first-order valence-corrected chi connectivity index (χ1v) is 6.09. The van der Waals surface area contributed by atoms with Crippen molar-refractivity contribution in [3.63, 3.8) is 0 Å². The number of nitrogens with two attached hydrogens (primary N) is 1. The summed E-state index contributed by atoms with van der Waals surface area (Å²) >= 11 is 0. The third-order valence-electron chi connectivity index (χ3n) is 3.46. The van der Waals surface area contributed by atoms with Crippen LogP contribution >= 0.6 is 0 Å². The normalized spacial score (nSPS) is 17.5. The van der Waals surface area contributed by atoms with E-state index in [1.54, 1.807) is 6.07 Å². The van der Waals surface area contributed by atoms with Gasteiger partial charge < -0.3 is 15.7 Å². The molecule has 4 heteroatoms. The predicted octanol–water partition coefficient (Wildman–Crippen LogP) is 1.49. The van der Waals surface area contributed by atoms with E-state index in [9.17, 15) is 4.39 Å². The van der Waals surface area contributed by atoms with Crippen LogP contribution in [0.15, 0.2) is 18.2 Å². The lowest BCUT2D eigenvalue weighted by atomic mass is 9.97. The van der Waals surface area contributed by atoms with Crippen molar-refractivity contribution in [2.45, 2.75) is 19.4 Å². The molecule has 3 nitrogen and oxygen atoms in total. The van der Waals surface area contributed by atoms with Crippen molar-refractivity contribution < 1.29 is 9.50 Å². The van der Waals surface area contributed by atoms with Crippen LogP contribution in [0.2, 0.25) is 0 Å². The molecule has 0 bridgehead atoms. The lowest BCUT2D eigenvalue weighted by molar-refractivity contribution is 0.203. The predicted molar refractivity (Wildman–Crippen MR) is 66.3 cm³/mol. The minimum absolute atomic E-state index is 0.199. The zero-order valence-electron chi connectivity index (χ0n) is 9.90. The number of benzene rings is 1. The quantitative estimate of drug-likeness (QED) is 0.839. The maximum Gasteiger partial charge on any atom is 0.146 e. The Bertz CT molecular complexity index is 376. The molecular weight excluding hydrogens is 219 g/mol. The third kappa shape index (κ3) is 2.76. The first-order valence-electron chi connectivity index (χ1n) is 6.09. The molecule has 1 aromatic carbocycles. The SMILES string of the molecule is NCc1ccc(N2CCC(CO)CC2)c(F)c1. The van der Waals surface area contributed by atoms with Gasteiger partial charge in [0, 0.05) is 26.2 Å². The second-order valence-corrected chi connectivity index (χ2v) is 4.60. The van der Waals surface area contributed by atoms with Gasteiger partial charge in [0.25, 0.3) is 0 Å². The maximum atomic E-state index is 13.9. The number of aliphatic hydroxyl groups excluding tert-OH is 1. The van der Waals surface area contributed by atoms with Gasteiger partial charge in [-0.05, 0) is 36.5 Å². The Morgan fingerprint density at radius 2 is 2.06 bits per heavy atom. The van der Waals surface area contributed by atoms with Gasteiger partial charge in [-0.25, -0.2) is 4.39 Å². The Balaban J connectivity index is 2.08. The van der Waals surface area contributed by atoms with Crippen LogP contribution in [0.5, 0.6) is 0 Å². The Labute approximate surface area is 101 Å². The summed E-state index contributed by atoms with van der Waals surface area (Å²) in [6.07, 6.45) is 1.85. The number of hydrogen-bond donors (Lipinski definition) is 2. The average molecular weight is 238 g/mol. The van der Waals surface area contributed by atoms with Crippen molar-refractivity contribution in [3.05, 3.63) is 29.6 Å². The minimum Gasteiger partial charge on any atom is -0.396 e. The summed E-state index contributed by atoms with van der Waals surface area (Å²) in [6.45, 7) is 2.22. The minimum atomic E-state index is -0.199. The fraction of sp³-hybridized carbons (Fsp3) is 0.538. The fourth-order valence-electron chi connectivity index (χ4n) is 2.29. The number of halogens is 1. The molecule has 0 atom stereocenters. The maximum absolute atomic E-state index is 13.9. The average Bonchev–Trinajstić information content (AvgIpc) is 2.39. The van der Waals surface area contributed by atoms with Crippen molar-refractivity contribution in [2.75, 3.05) is 24.6 Å². The second-order valence-electron chi connectivity index (χ2n) is 4.60. The summed E-state index contributed by atoms with van der Waals surface area (Å²) in [5.74, 6) is 0.174. The Morgan fingerprint density at radius 3 is 2.59 bits per heavy atom. The zero-order valence-corrected chi connectivity index (χ0v) is 9.90. The number of piperidine rings is 1. The summed E-state index contributed by atoms with van der Waals surface area (Å²) in [7, 11) is 0. The Hall–Kier alpha value is -1.13. The molecule has 3 N–H and O–H groups in total. The van der Waals surface area contributed by atoms with Gasteiger partial charge in [-0.3, -0.25) is 0 Å². The highest BCUT2D eigenvalue weighted by molar-refractivity contribution is 5.49. The van der Waals surface area contributed by atoms with Crippen LogP contribution in [0.1, 0.15) is 18.4 Å². The van der Waals surface area contributed by atoms with Crippen molar-refractivity contribution in [2.24, 2.45) is 11.7 Å². The summed E-state index contributed by atoms with van der Waals surface area (Å²) in [4.78, 5) is 2.04. The van der Waals surface area contributed by atoms with E-state index in [0.717, 1.165) is 31.5 Å². The molecule has 94 valence electrons. The van der Waals surface area contributed by atoms with Crippen LogP contribution < -0.4 is 10.6 Å². The van der Waals surface area contributed by atoms with Crippen molar-refractivity contribution in [3.8, 4) is 0 Å². The number of hydrogen-bond acceptors (Lipinski definition) is 3. The van der Waals surface area contributed by atoms with Gasteiger partial charge in [-0.2, -0.15) is 0 Å². The van der Waals surface area contributed by atoms with E-state index in [4.69, 9.17) is 10.8 Å². The molecular formula is C13H19FN2O. The van der Waals surface area contributed by atoms with Crippen LogP contribution in [0.25, 0.3) is 0 Å². The standard InChI is InChI=1S/C13H19FN2O/c14-12-7-11(8-15)1-2-13(12)16-5-3-10(9-17)4-6-16/h1-2,7,10,17H,3-6,8-9,15H2. The van der Waals surface area contributed by atoms with Gasteiger partial charge in [0.2, 0.25) is 0 Å². The molecule has 1 fully saturated rings. The molecule has 0 radical (unpaired) electrons. The van der Waals surface area contributed by atoms with Crippen LogP contribution in [0.4, 0.5) is 10.1 Å². The van der Waals surface area contributed by atoms with Gasteiger partial charge >= 0.3 is 0 Å². The highest BCUT2D eigenvalue weighted by Gasteiger charge is 2.20. The summed E-state index contributed by atoms with van der Waals surface area (Å²) in [5, 5.41) is 9.06. The van der Waals surface area contributed by atoms with Gasteiger partial charge in [-0.1, -0.05) is 6.07 Å². The van der Waals surface area contributed by atoms with E-state index in [-0.39, 0.29) is 12.4 Å². The Morgan fingerprint density at radius 1 is 1.35 bits per heavy atom. The van der Waals surface area contributed by atoms with E-state index in [0.29, 0.717) is 18.2 Å². The van der Waals surface area contributed by atoms with Crippen molar-refractivity contribution in [1.82, 2.24) is 0 Å². The van der Waals surface area contributed by atoms with Crippen LogP contribution in [-0.2, 0) is 6.54 Å². The van der Waals surface area contributed by atoms with Crippen LogP contribution in [0, 0.1) is 11.7 Å². The lowest BCUT2D eigenvalue weighted by Crippen LogP contribution is -2.35. The van der Waals surface area contributed by atoms with E-state index >= 15 is 0 Å². The highest BCUT2D eigenvalue weighted by atomic mass is 19.1. The second kappa shape index (κ2) is 5.47. The van der Waals surface area contributed by atoms with Gasteiger partial charge in [0.1, 0.15) is 5.82 Å². The van der Waals surface area contributed by atoms with Crippen LogP contribution in [0.3, 0.4) is 0 Å². The number of anilines is 1. The molecule has 17 heavy (non-hydrogen) atoms. The largest absolute Gasteiger partial charge is 0.396 e. The molecule has 0 aliphatic carbocycles. The van der Waals surface area contributed by atoms with Gasteiger partial charge in [-0.15, -0.1) is 0 Å². The first-order chi connectivity index (χ1) is 8.24. The number of aliphatic hydroxyl groups is 1. The molecule has 1 aliphatic rings.